The molecule has 2 fully saturated rings. The van der Waals surface area contributed by atoms with Crippen LogP contribution in [0.4, 0.5) is 0 Å². The zero-order valence-corrected chi connectivity index (χ0v) is 12.3. The first kappa shape index (κ1) is 14.1. The Bertz CT molecular complexity index is 412. The minimum Gasteiger partial charge on any atom is -0.395 e. The summed E-state index contributed by atoms with van der Waals surface area (Å²) in [6.07, 6.45) is 3.97. The summed E-state index contributed by atoms with van der Waals surface area (Å²) < 4.78 is 0. The van der Waals surface area contributed by atoms with Gasteiger partial charge in [-0.15, -0.1) is 0 Å². The number of β-amino-alcohol motifs (C(OH)–C–C–N with tert-alkyl or cyclic N) is 1. The summed E-state index contributed by atoms with van der Waals surface area (Å²) in [5.74, 6) is 0. The maximum Gasteiger partial charge on any atom is 0.0558 e. The van der Waals surface area contributed by atoms with Gasteiger partial charge in [-0.2, -0.15) is 0 Å². The molecule has 3 heteroatoms. The van der Waals surface area contributed by atoms with Gasteiger partial charge in [0.1, 0.15) is 0 Å². The topological polar surface area (TPSA) is 26.7 Å². The first-order valence-electron chi connectivity index (χ1n) is 7.89. The molecule has 0 unspecified atom stereocenters. The van der Waals surface area contributed by atoms with E-state index in [-0.39, 0.29) is 0 Å². The van der Waals surface area contributed by atoms with Crippen LogP contribution in [-0.4, -0.2) is 54.2 Å². The Labute approximate surface area is 122 Å². The van der Waals surface area contributed by atoms with Crippen molar-refractivity contribution in [3.63, 3.8) is 0 Å². The minimum absolute atomic E-state index is 0.302. The number of aliphatic hydroxyl groups excluding tert-OH is 1. The molecule has 0 saturated carbocycles. The molecule has 0 radical (unpaired) electrons. The van der Waals surface area contributed by atoms with Crippen LogP contribution in [0.25, 0.3) is 0 Å². The third-order valence-electron chi connectivity index (χ3n) is 5.10. The summed E-state index contributed by atoms with van der Waals surface area (Å²) in [5.41, 5.74) is 1.97. The standard InChI is InChI=1S/C17H26N2O/c20-13-12-19-11-8-17(15-19)6-9-18(10-7-17)14-16-4-2-1-3-5-16/h1-5,20H,6-15H2. The Kier molecular flexibility index (Phi) is 4.39. The lowest BCUT2D eigenvalue weighted by Gasteiger charge is -2.39. The summed E-state index contributed by atoms with van der Waals surface area (Å²) in [6, 6.07) is 10.8. The highest BCUT2D eigenvalue weighted by molar-refractivity contribution is 5.14. The lowest BCUT2D eigenvalue weighted by Crippen LogP contribution is -2.41. The van der Waals surface area contributed by atoms with E-state index in [1.165, 1.54) is 51.0 Å². The van der Waals surface area contributed by atoms with Gasteiger partial charge in [0.05, 0.1) is 6.61 Å². The molecule has 20 heavy (non-hydrogen) atoms. The number of hydrogen-bond donors (Lipinski definition) is 1. The monoisotopic (exact) mass is 274 g/mol. The van der Waals surface area contributed by atoms with E-state index in [2.05, 4.69) is 40.1 Å². The molecule has 0 amide bonds. The molecule has 3 rings (SSSR count). The largest absolute Gasteiger partial charge is 0.395 e. The van der Waals surface area contributed by atoms with Gasteiger partial charge in [-0.05, 0) is 49.9 Å². The van der Waals surface area contributed by atoms with Crippen LogP contribution in [0.15, 0.2) is 30.3 Å². The second-order valence-electron chi connectivity index (χ2n) is 6.51. The average Bonchev–Trinajstić information content (AvgIpc) is 2.86. The third-order valence-corrected chi connectivity index (χ3v) is 5.10. The Hall–Kier alpha value is -0.900. The van der Waals surface area contributed by atoms with Gasteiger partial charge >= 0.3 is 0 Å². The summed E-state index contributed by atoms with van der Waals surface area (Å²) in [6.45, 7) is 7.08. The molecule has 1 aromatic carbocycles. The van der Waals surface area contributed by atoms with Crippen molar-refractivity contribution >= 4 is 0 Å². The molecule has 0 aliphatic carbocycles. The van der Waals surface area contributed by atoms with E-state index in [1.807, 2.05) is 0 Å². The Morgan fingerprint density at radius 2 is 1.60 bits per heavy atom. The minimum atomic E-state index is 0.302. The van der Waals surface area contributed by atoms with Crippen LogP contribution >= 0.6 is 0 Å². The van der Waals surface area contributed by atoms with Crippen LogP contribution in [0.3, 0.4) is 0 Å². The van der Waals surface area contributed by atoms with Crippen molar-refractivity contribution < 1.29 is 5.11 Å². The van der Waals surface area contributed by atoms with Crippen molar-refractivity contribution in [3.05, 3.63) is 35.9 Å². The molecule has 2 saturated heterocycles. The fraction of sp³-hybridized carbons (Fsp3) is 0.647. The van der Waals surface area contributed by atoms with E-state index in [9.17, 15) is 0 Å². The van der Waals surface area contributed by atoms with Gasteiger partial charge < -0.3 is 10.0 Å². The number of hydrogen-bond acceptors (Lipinski definition) is 3. The molecule has 0 bridgehead atoms. The van der Waals surface area contributed by atoms with E-state index < -0.39 is 0 Å². The van der Waals surface area contributed by atoms with Gasteiger partial charge in [0.2, 0.25) is 0 Å². The highest BCUT2D eigenvalue weighted by Crippen LogP contribution is 2.40. The fourth-order valence-electron chi connectivity index (χ4n) is 3.80. The highest BCUT2D eigenvalue weighted by Gasteiger charge is 2.39. The SMILES string of the molecule is OCCN1CCC2(CCN(Cc3ccccc3)CC2)C1. The van der Waals surface area contributed by atoms with Gasteiger partial charge in [-0.25, -0.2) is 0 Å². The summed E-state index contributed by atoms with van der Waals surface area (Å²) in [7, 11) is 0. The van der Waals surface area contributed by atoms with E-state index >= 15 is 0 Å². The molecule has 2 aliphatic heterocycles. The number of nitrogens with zero attached hydrogens (tertiary/aromatic N) is 2. The zero-order chi connectivity index (χ0) is 13.8. The molecule has 110 valence electrons. The second kappa shape index (κ2) is 6.25. The number of piperidine rings is 1. The molecule has 1 spiro atoms. The second-order valence-corrected chi connectivity index (χ2v) is 6.51. The van der Waals surface area contributed by atoms with Crippen molar-refractivity contribution in [1.29, 1.82) is 0 Å². The number of likely N-dealkylation sites (tertiary alicyclic amines) is 2. The Balaban J connectivity index is 1.50. The van der Waals surface area contributed by atoms with E-state index in [1.54, 1.807) is 0 Å². The maximum absolute atomic E-state index is 9.07. The van der Waals surface area contributed by atoms with Crippen molar-refractivity contribution in [2.45, 2.75) is 25.8 Å². The first-order chi connectivity index (χ1) is 9.80. The lowest BCUT2D eigenvalue weighted by molar-refractivity contribution is 0.0997. The zero-order valence-electron chi connectivity index (χ0n) is 12.3. The van der Waals surface area contributed by atoms with Crippen molar-refractivity contribution in [2.24, 2.45) is 5.41 Å². The summed E-state index contributed by atoms with van der Waals surface area (Å²) in [5, 5.41) is 9.07. The van der Waals surface area contributed by atoms with Crippen molar-refractivity contribution in [3.8, 4) is 0 Å². The van der Waals surface area contributed by atoms with Gasteiger partial charge in [0.25, 0.3) is 0 Å². The smallest absolute Gasteiger partial charge is 0.0558 e. The predicted octanol–water partition coefficient (Wildman–Crippen LogP) is 1.97. The third kappa shape index (κ3) is 3.22. The average molecular weight is 274 g/mol. The van der Waals surface area contributed by atoms with E-state index in [0.29, 0.717) is 12.0 Å². The number of benzene rings is 1. The van der Waals surface area contributed by atoms with Crippen LogP contribution < -0.4 is 0 Å². The van der Waals surface area contributed by atoms with Crippen molar-refractivity contribution in [2.75, 3.05) is 39.3 Å². The number of aliphatic hydroxyl groups is 1. The molecule has 2 aliphatic rings. The fourth-order valence-corrected chi connectivity index (χ4v) is 3.80. The predicted molar refractivity (Wildman–Crippen MR) is 81.5 cm³/mol. The van der Waals surface area contributed by atoms with Crippen molar-refractivity contribution in [1.82, 2.24) is 9.80 Å². The Morgan fingerprint density at radius 1 is 0.950 bits per heavy atom. The molecular formula is C17H26N2O. The lowest BCUT2D eigenvalue weighted by atomic mass is 9.77. The van der Waals surface area contributed by atoms with Crippen LogP contribution in [0.2, 0.25) is 0 Å². The normalized spacial score (nSPS) is 23.4. The molecule has 3 nitrogen and oxygen atoms in total. The molecule has 2 heterocycles. The molecule has 0 aromatic heterocycles. The van der Waals surface area contributed by atoms with Gasteiger partial charge in [0.15, 0.2) is 0 Å². The maximum atomic E-state index is 9.07. The quantitative estimate of drug-likeness (QED) is 0.909. The molecule has 1 aromatic rings. The van der Waals surface area contributed by atoms with Crippen LogP contribution in [0.1, 0.15) is 24.8 Å². The molecule has 0 atom stereocenters. The summed E-state index contributed by atoms with van der Waals surface area (Å²) >= 11 is 0. The van der Waals surface area contributed by atoms with Crippen LogP contribution in [-0.2, 0) is 6.54 Å². The number of rotatable bonds is 4. The van der Waals surface area contributed by atoms with Gasteiger partial charge in [0, 0.05) is 19.6 Å². The van der Waals surface area contributed by atoms with E-state index in [4.69, 9.17) is 5.11 Å². The van der Waals surface area contributed by atoms with Crippen LogP contribution in [0.5, 0.6) is 0 Å². The Morgan fingerprint density at radius 3 is 2.25 bits per heavy atom. The van der Waals surface area contributed by atoms with Gasteiger partial charge in [-0.1, -0.05) is 30.3 Å². The van der Waals surface area contributed by atoms with Crippen LogP contribution in [0, 0.1) is 5.41 Å². The molecule has 1 N–H and O–H groups in total. The highest BCUT2D eigenvalue weighted by atomic mass is 16.3. The molecular weight excluding hydrogens is 248 g/mol. The van der Waals surface area contributed by atoms with E-state index in [0.717, 1.165) is 13.1 Å². The van der Waals surface area contributed by atoms with Gasteiger partial charge in [-0.3, -0.25) is 4.90 Å². The summed E-state index contributed by atoms with van der Waals surface area (Å²) in [4.78, 5) is 5.03. The first-order valence-corrected chi connectivity index (χ1v) is 7.89.